The average molecular weight is 336 g/mol. The number of benzene rings is 1. The Bertz CT molecular complexity index is 661. The number of nitrogens with zero attached hydrogens (tertiary/aromatic N) is 1. The fourth-order valence-electron chi connectivity index (χ4n) is 2.11. The van der Waals surface area contributed by atoms with E-state index >= 15 is 0 Å². The van der Waals surface area contributed by atoms with Crippen LogP contribution in [-0.2, 0) is 11.2 Å². The van der Waals surface area contributed by atoms with Gasteiger partial charge in [-0.2, -0.15) is 0 Å². The van der Waals surface area contributed by atoms with Crippen LogP contribution in [0, 0.1) is 0 Å². The molecule has 0 amide bonds. The molecule has 122 valence electrons. The topological polar surface area (TPSA) is 57.7 Å². The van der Waals surface area contributed by atoms with Crippen molar-refractivity contribution in [2.75, 3.05) is 20.8 Å². The molecule has 0 aliphatic heterocycles. The lowest BCUT2D eigenvalue weighted by molar-refractivity contribution is 0.0500. The first kappa shape index (κ1) is 17.1. The van der Waals surface area contributed by atoms with Crippen LogP contribution in [-0.4, -0.2) is 31.8 Å². The van der Waals surface area contributed by atoms with Gasteiger partial charge in [0.15, 0.2) is 11.5 Å². The largest absolute Gasteiger partial charge is 0.493 e. The molecular weight excluding hydrogens is 318 g/mol. The second-order valence-electron chi connectivity index (χ2n) is 4.79. The van der Waals surface area contributed by atoms with E-state index in [-0.39, 0.29) is 0 Å². The molecular formula is C17H18ClNO4. The van der Waals surface area contributed by atoms with Crippen LogP contribution in [0.3, 0.4) is 0 Å². The van der Waals surface area contributed by atoms with Crippen LogP contribution in [0.5, 0.6) is 11.5 Å². The van der Waals surface area contributed by atoms with Gasteiger partial charge in [0.25, 0.3) is 0 Å². The number of carbonyl (C=O) groups is 1. The quantitative estimate of drug-likeness (QED) is 0.572. The van der Waals surface area contributed by atoms with E-state index in [0.717, 1.165) is 18.4 Å². The lowest BCUT2D eigenvalue weighted by Gasteiger charge is -2.11. The highest BCUT2D eigenvalue weighted by molar-refractivity contribution is 6.32. The van der Waals surface area contributed by atoms with Crippen LogP contribution in [0.25, 0.3) is 0 Å². The van der Waals surface area contributed by atoms with Crippen molar-refractivity contribution in [1.29, 1.82) is 0 Å². The highest BCUT2D eigenvalue weighted by Crippen LogP contribution is 2.36. The molecule has 0 saturated carbocycles. The Morgan fingerprint density at radius 3 is 2.74 bits per heavy atom. The summed E-state index contributed by atoms with van der Waals surface area (Å²) in [4.78, 5) is 16.1. The Labute approximate surface area is 140 Å². The van der Waals surface area contributed by atoms with Crippen molar-refractivity contribution < 1.29 is 19.0 Å². The second kappa shape index (κ2) is 8.39. The van der Waals surface area contributed by atoms with Gasteiger partial charge in [-0.15, -0.1) is 0 Å². The Balaban J connectivity index is 1.92. The zero-order valence-corrected chi connectivity index (χ0v) is 13.8. The van der Waals surface area contributed by atoms with E-state index in [4.69, 9.17) is 25.8 Å². The fourth-order valence-corrected chi connectivity index (χ4v) is 2.39. The van der Waals surface area contributed by atoms with E-state index in [1.54, 1.807) is 18.5 Å². The van der Waals surface area contributed by atoms with Crippen LogP contribution in [0.1, 0.15) is 22.3 Å². The van der Waals surface area contributed by atoms with Crippen molar-refractivity contribution in [1.82, 2.24) is 4.98 Å². The van der Waals surface area contributed by atoms with Gasteiger partial charge in [0.05, 0.1) is 31.4 Å². The van der Waals surface area contributed by atoms with Gasteiger partial charge in [-0.3, -0.25) is 4.98 Å². The van der Waals surface area contributed by atoms with Gasteiger partial charge in [0.1, 0.15) is 0 Å². The van der Waals surface area contributed by atoms with E-state index in [9.17, 15) is 4.79 Å². The van der Waals surface area contributed by atoms with Gasteiger partial charge in [-0.25, -0.2) is 4.79 Å². The molecule has 2 rings (SSSR count). The third kappa shape index (κ3) is 4.60. The summed E-state index contributed by atoms with van der Waals surface area (Å²) in [5, 5.41) is 0.300. The minimum Gasteiger partial charge on any atom is -0.493 e. The maximum atomic E-state index is 12.1. The number of aromatic nitrogens is 1. The lowest BCUT2D eigenvalue weighted by atomic mass is 10.1. The minimum atomic E-state index is -0.445. The highest BCUT2D eigenvalue weighted by Gasteiger charge is 2.16. The summed E-state index contributed by atoms with van der Waals surface area (Å²) in [5.41, 5.74) is 1.44. The summed E-state index contributed by atoms with van der Waals surface area (Å²) >= 11 is 6.08. The molecule has 0 N–H and O–H groups in total. The highest BCUT2D eigenvalue weighted by atomic mass is 35.5. The summed E-state index contributed by atoms with van der Waals surface area (Å²) in [5.74, 6) is 0.337. The first-order chi connectivity index (χ1) is 11.2. The molecule has 0 bridgehead atoms. The van der Waals surface area contributed by atoms with E-state index in [2.05, 4.69) is 4.98 Å². The standard InChI is InChI=1S/C17H18ClNO4/c1-21-15-10-13(9-14(18)16(15)22-2)17(20)23-8-4-6-12-5-3-7-19-11-12/h3,5,7,9-11H,4,6,8H2,1-2H3. The van der Waals surface area contributed by atoms with Crippen LogP contribution >= 0.6 is 11.6 Å². The third-order valence-electron chi connectivity index (χ3n) is 3.24. The zero-order valence-electron chi connectivity index (χ0n) is 13.0. The van der Waals surface area contributed by atoms with Crippen molar-refractivity contribution in [3.63, 3.8) is 0 Å². The van der Waals surface area contributed by atoms with Crippen molar-refractivity contribution in [2.45, 2.75) is 12.8 Å². The number of ether oxygens (including phenoxy) is 3. The molecule has 0 radical (unpaired) electrons. The lowest BCUT2D eigenvalue weighted by Crippen LogP contribution is -2.08. The van der Waals surface area contributed by atoms with Crippen molar-refractivity contribution >= 4 is 17.6 Å². The number of hydrogen-bond donors (Lipinski definition) is 0. The summed E-state index contributed by atoms with van der Waals surface area (Å²) in [6.07, 6.45) is 5.05. The van der Waals surface area contributed by atoms with Crippen LogP contribution in [0.4, 0.5) is 0 Å². The number of hydrogen-bond acceptors (Lipinski definition) is 5. The molecule has 1 heterocycles. The number of esters is 1. The van der Waals surface area contributed by atoms with E-state index in [1.807, 2.05) is 12.1 Å². The number of halogens is 1. The Morgan fingerprint density at radius 1 is 1.26 bits per heavy atom. The Morgan fingerprint density at radius 2 is 2.09 bits per heavy atom. The predicted molar refractivity (Wildman–Crippen MR) is 87.4 cm³/mol. The van der Waals surface area contributed by atoms with Crippen LogP contribution in [0.2, 0.25) is 5.02 Å². The second-order valence-corrected chi connectivity index (χ2v) is 5.20. The molecule has 0 aliphatic carbocycles. The Hall–Kier alpha value is -2.27. The van der Waals surface area contributed by atoms with E-state index in [0.29, 0.717) is 28.7 Å². The first-order valence-corrected chi connectivity index (χ1v) is 7.51. The van der Waals surface area contributed by atoms with Gasteiger partial charge in [0.2, 0.25) is 0 Å². The SMILES string of the molecule is COc1cc(C(=O)OCCCc2cccnc2)cc(Cl)c1OC. The Kier molecular flexibility index (Phi) is 6.23. The van der Waals surface area contributed by atoms with Crippen molar-refractivity contribution in [2.24, 2.45) is 0 Å². The molecule has 0 fully saturated rings. The molecule has 0 unspecified atom stereocenters. The predicted octanol–water partition coefficient (Wildman–Crippen LogP) is 3.54. The number of carbonyl (C=O) groups excluding carboxylic acids is 1. The molecule has 0 saturated heterocycles. The number of methoxy groups -OCH3 is 2. The first-order valence-electron chi connectivity index (χ1n) is 7.13. The van der Waals surface area contributed by atoms with Gasteiger partial charge < -0.3 is 14.2 Å². The summed E-state index contributed by atoms with van der Waals surface area (Å²) in [7, 11) is 2.97. The maximum Gasteiger partial charge on any atom is 0.338 e. The molecule has 6 heteroatoms. The summed E-state index contributed by atoms with van der Waals surface area (Å²) < 4.78 is 15.6. The minimum absolute atomic E-state index is 0.300. The van der Waals surface area contributed by atoms with Gasteiger partial charge in [-0.1, -0.05) is 17.7 Å². The van der Waals surface area contributed by atoms with Crippen LogP contribution in [0.15, 0.2) is 36.7 Å². The van der Waals surface area contributed by atoms with Crippen molar-refractivity contribution in [3.05, 3.63) is 52.8 Å². The molecule has 5 nitrogen and oxygen atoms in total. The average Bonchev–Trinajstić information content (AvgIpc) is 2.58. The monoisotopic (exact) mass is 335 g/mol. The van der Waals surface area contributed by atoms with Gasteiger partial charge in [0, 0.05) is 12.4 Å². The molecule has 1 aromatic heterocycles. The maximum absolute atomic E-state index is 12.1. The van der Waals surface area contributed by atoms with E-state index in [1.165, 1.54) is 20.3 Å². The number of rotatable bonds is 7. The zero-order chi connectivity index (χ0) is 16.7. The normalized spacial score (nSPS) is 10.2. The van der Waals surface area contributed by atoms with Gasteiger partial charge >= 0.3 is 5.97 Å². The molecule has 0 atom stereocenters. The van der Waals surface area contributed by atoms with Gasteiger partial charge in [-0.05, 0) is 36.6 Å². The summed E-state index contributed by atoms with van der Waals surface area (Å²) in [6, 6.07) is 6.93. The van der Waals surface area contributed by atoms with Crippen molar-refractivity contribution in [3.8, 4) is 11.5 Å². The number of pyridine rings is 1. The summed E-state index contributed by atoms with van der Waals surface area (Å²) in [6.45, 7) is 0.319. The van der Waals surface area contributed by atoms with E-state index < -0.39 is 5.97 Å². The molecule has 23 heavy (non-hydrogen) atoms. The molecule has 0 aliphatic rings. The molecule has 0 spiro atoms. The molecule has 1 aromatic carbocycles. The number of aryl methyl sites for hydroxylation is 1. The smallest absolute Gasteiger partial charge is 0.338 e. The third-order valence-corrected chi connectivity index (χ3v) is 3.52. The van der Waals surface area contributed by atoms with Crippen LogP contribution < -0.4 is 9.47 Å². The fraction of sp³-hybridized carbons (Fsp3) is 0.294. The molecule has 2 aromatic rings.